The van der Waals surface area contributed by atoms with Gasteiger partial charge in [-0.1, -0.05) is 31.2 Å². The summed E-state index contributed by atoms with van der Waals surface area (Å²) in [4.78, 5) is 8.75. The first-order valence-electron chi connectivity index (χ1n) is 9.27. The minimum absolute atomic E-state index is 0.0569. The number of ether oxygens (including phenoxy) is 1. The van der Waals surface area contributed by atoms with Gasteiger partial charge in [0, 0.05) is 17.7 Å². The first kappa shape index (κ1) is 21.4. The zero-order chi connectivity index (χ0) is 21.7. The predicted molar refractivity (Wildman–Crippen MR) is 107 cm³/mol. The van der Waals surface area contributed by atoms with E-state index in [-0.39, 0.29) is 29.2 Å². The average molecular weight is 420 g/mol. The summed E-state index contributed by atoms with van der Waals surface area (Å²) in [5.41, 5.74) is 0.955. The maximum absolute atomic E-state index is 14.0. The molecule has 0 amide bonds. The maximum Gasteiger partial charge on any atom is 0.573 e. The second kappa shape index (κ2) is 8.98. The average Bonchev–Trinajstić information content (AvgIpc) is 2.68. The molecule has 2 N–H and O–H groups in total. The van der Waals surface area contributed by atoms with E-state index in [1.165, 1.54) is 30.3 Å². The van der Waals surface area contributed by atoms with E-state index < -0.39 is 12.2 Å². The third kappa shape index (κ3) is 5.82. The molecule has 9 heteroatoms. The highest BCUT2D eigenvalue weighted by Gasteiger charge is 2.31. The second-order valence-electron chi connectivity index (χ2n) is 6.60. The van der Waals surface area contributed by atoms with Crippen LogP contribution in [0.25, 0.3) is 11.3 Å². The summed E-state index contributed by atoms with van der Waals surface area (Å²) < 4.78 is 55.7. The van der Waals surface area contributed by atoms with Gasteiger partial charge < -0.3 is 15.4 Å². The van der Waals surface area contributed by atoms with Crippen molar-refractivity contribution in [2.45, 2.75) is 32.7 Å². The summed E-state index contributed by atoms with van der Waals surface area (Å²) >= 11 is 0. The van der Waals surface area contributed by atoms with Gasteiger partial charge in [0.1, 0.15) is 17.4 Å². The molecule has 158 valence electrons. The third-order valence-electron chi connectivity index (χ3n) is 4.21. The van der Waals surface area contributed by atoms with Crippen LogP contribution in [0.1, 0.15) is 20.3 Å². The van der Waals surface area contributed by atoms with Gasteiger partial charge in [-0.25, -0.2) is 9.37 Å². The smallest absolute Gasteiger partial charge is 0.406 e. The van der Waals surface area contributed by atoms with Crippen LogP contribution in [0.15, 0.2) is 54.6 Å². The van der Waals surface area contributed by atoms with Crippen molar-refractivity contribution in [2.75, 3.05) is 10.6 Å². The van der Waals surface area contributed by atoms with Crippen LogP contribution in [-0.4, -0.2) is 22.4 Å². The summed E-state index contributed by atoms with van der Waals surface area (Å²) in [6.07, 6.45) is -4.00. The highest BCUT2D eigenvalue weighted by molar-refractivity contribution is 5.68. The van der Waals surface area contributed by atoms with Crippen molar-refractivity contribution < 1.29 is 22.3 Å². The molecule has 0 saturated heterocycles. The highest BCUT2D eigenvalue weighted by atomic mass is 19.4. The fourth-order valence-electron chi connectivity index (χ4n) is 2.60. The van der Waals surface area contributed by atoms with Crippen molar-refractivity contribution in [1.29, 1.82) is 0 Å². The number of nitrogens with zero attached hydrogens (tertiary/aromatic N) is 2. The zero-order valence-electron chi connectivity index (χ0n) is 16.3. The molecule has 0 unspecified atom stereocenters. The van der Waals surface area contributed by atoms with Crippen molar-refractivity contribution in [1.82, 2.24) is 9.97 Å². The minimum Gasteiger partial charge on any atom is -0.406 e. The molecule has 0 fully saturated rings. The molecule has 1 heterocycles. The van der Waals surface area contributed by atoms with E-state index in [0.29, 0.717) is 11.3 Å². The molecule has 30 heavy (non-hydrogen) atoms. The molecule has 3 rings (SSSR count). The lowest BCUT2D eigenvalue weighted by Crippen LogP contribution is -2.17. The summed E-state index contributed by atoms with van der Waals surface area (Å²) in [5, 5.41) is 6.02. The Morgan fingerprint density at radius 1 is 1.03 bits per heavy atom. The molecule has 0 radical (unpaired) electrons. The van der Waals surface area contributed by atoms with Crippen LogP contribution >= 0.6 is 0 Å². The molecule has 0 spiro atoms. The normalized spacial score (nSPS) is 12.3. The number of hydrogen-bond acceptors (Lipinski definition) is 5. The van der Waals surface area contributed by atoms with Crippen LogP contribution in [0, 0.1) is 5.82 Å². The van der Waals surface area contributed by atoms with Gasteiger partial charge in [-0.05, 0) is 37.6 Å². The largest absolute Gasteiger partial charge is 0.573 e. The number of alkyl halides is 3. The van der Waals surface area contributed by atoms with Gasteiger partial charge in [0.05, 0.1) is 11.4 Å². The van der Waals surface area contributed by atoms with E-state index in [9.17, 15) is 17.6 Å². The highest BCUT2D eigenvalue weighted by Crippen LogP contribution is 2.29. The number of benzene rings is 2. The van der Waals surface area contributed by atoms with Gasteiger partial charge in [0.25, 0.3) is 0 Å². The quantitative estimate of drug-likeness (QED) is 0.450. The SMILES string of the molecule is CC[C@@H](C)Nc1nc(Nc2ccccc2F)cc(-c2cccc(OC(F)(F)F)c2)n1. The predicted octanol–water partition coefficient (Wildman–Crippen LogP) is 6.14. The van der Waals surface area contributed by atoms with Crippen molar-refractivity contribution in [3.8, 4) is 17.0 Å². The van der Waals surface area contributed by atoms with Crippen LogP contribution in [0.5, 0.6) is 5.75 Å². The summed E-state index contributed by atoms with van der Waals surface area (Å²) in [5.74, 6) is -0.269. The van der Waals surface area contributed by atoms with Gasteiger partial charge in [0.2, 0.25) is 5.95 Å². The second-order valence-corrected chi connectivity index (χ2v) is 6.60. The Labute approximate surface area is 171 Å². The molecule has 0 bridgehead atoms. The Morgan fingerprint density at radius 2 is 1.80 bits per heavy atom. The Hall–Kier alpha value is -3.36. The third-order valence-corrected chi connectivity index (χ3v) is 4.21. The molecule has 1 aromatic heterocycles. The number of halogens is 4. The van der Waals surface area contributed by atoms with E-state index in [1.54, 1.807) is 24.3 Å². The first-order chi connectivity index (χ1) is 14.2. The Morgan fingerprint density at radius 3 is 2.50 bits per heavy atom. The number of aromatic nitrogens is 2. The number of hydrogen-bond donors (Lipinski definition) is 2. The van der Waals surface area contributed by atoms with Crippen LogP contribution < -0.4 is 15.4 Å². The lowest BCUT2D eigenvalue weighted by molar-refractivity contribution is -0.274. The zero-order valence-corrected chi connectivity index (χ0v) is 16.3. The standard InChI is InChI=1S/C21H20F4N4O/c1-3-13(2)26-20-28-18(14-7-6-8-15(11-14)30-21(23,24)25)12-19(29-20)27-17-10-5-4-9-16(17)22/h4-13H,3H2,1-2H3,(H2,26,27,28,29)/t13-/m1/s1. The fraction of sp³-hybridized carbons (Fsp3) is 0.238. The Balaban J connectivity index is 2.00. The van der Waals surface area contributed by atoms with Gasteiger partial charge in [-0.3, -0.25) is 0 Å². The van der Waals surface area contributed by atoms with Crippen molar-refractivity contribution >= 4 is 17.5 Å². The van der Waals surface area contributed by atoms with Gasteiger partial charge >= 0.3 is 6.36 Å². The Bertz CT molecular complexity index is 1010. The lowest BCUT2D eigenvalue weighted by atomic mass is 10.1. The molecule has 0 aliphatic heterocycles. The van der Waals surface area contributed by atoms with Crippen molar-refractivity contribution in [3.63, 3.8) is 0 Å². The molecule has 0 aliphatic carbocycles. The van der Waals surface area contributed by atoms with E-state index in [1.807, 2.05) is 13.8 Å². The van der Waals surface area contributed by atoms with E-state index >= 15 is 0 Å². The van der Waals surface area contributed by atoms with E-state index in [2.05, 4.69) is 25.3 Å². The molecule has 2 aromatic carbocycles. The van der Waals surface area contributed by atoms with E-state index in [4.69, 9.17) is 0 Å². The van der Waals surface area contributed by atoms with Gasteiger partial charge in [-0.2, -0.15) is 4.98 Å². The number of anilines is 3. The Kier molecular flexibility index (Phi) is 6.39. The number of para-hydroxylation sites is 1. The molecular formula is C21H20F4N4O. The molecule has 0 aliphatic rings. The monoisotopic (exact) mass is 420 g/mol. The van der Waals surface area contributed by atoms with Gasteiger partial charge in [-0.15, -0.1) is 13.2 Å². The first-order valence-corrected chi connectivity index (χ1v) is 9.27. The van der Waals surface area contributed by atoms with E-state index in [0.717, 1.165) is 6.42 Å². The minimum atomic E-state index is -4.80. The van der Waals surface area contributed by atoms with Crippen LogP contribution in [0.3, 0.4) is 0 Å². The summed E-state index contributed by atoms with van der Waals surface area (Å²) in [7, 11) is 0. The van der Waals surface area contributed by atoms with Crippen molar-refractivity contribution in [2.24, 2.45) is 0 Å². The van der Waals surface area contributed by atoms with Crippen LogP contribution in [0.4, 0.5) is 35.0 Å². The number of rotatable bonds is 7. The summed E-state index contributed by atoms with van der Waals surface area (Å²) in [6, 6.07) is 13.2. The fourth-order valence-corrected chi connectivity index (χ4v) is 2.60. The van der Waals surface area contributed by atoms with Gasteiger partial charge in [0.15, 0.2) is 0 Å². The van der Waals surface area contributed by atoms with Crippen LogP contribution in [0.2, 0.25) is 0 Å². The molecular weight excluding hydrogens is 400 g/mol. The molecule has 5 nitrogen and oxygen atoms in total. The topological polar surface area (TPSA) is 59.1 Å². The number of nitrogens with one attached hydrogen (secondary N) is 2. The molecule has 1 atom stereocenters. The van der Waals surface area contributed by atoms with Crippen molar-refractivity contribution in [3.05, 3.63) is 60.4 Å². The molecule has 0 saturated carbocycles. The lowest BCUT2D eigenvalue weighted by Gasteiger charge is -2.15. The molecule has 3 aromatic rings. The maximum atomic E-state index is 14.0. The summed E-state index contributed by atoms with van der Waals surface area (Å²) in [6.45, 7) is 3.93. The van der Waals surface area contributed by atoms with Crippen LogP contribution in [-0.2, 0) is 0 Å².